The molecule has 0 bridgehead atoms. The Bertz CT molecular complexity index is 1100. The van der Waals surface area contributed by atoms with Gasteiger partial charge in [0.1, 0.15) is 5.75 Å². The van der Waals surface area contributed by atoms with E-state index in [4.69, 9.17) is 21.4 Å². The number of hydrogen-bond donors (Lipinski definition) is 0. The lowest BCUT2D eigenvalue weighted by atomic mass is 9.97. The summed E-state index contributed by atoms with van der Waals surface area (Å²) in [6.07, 6.45) is 0.180. The summed E-state index contributed by atoms with van der Waals surface area (Å²) < 4.78 is 6.23. The number of hydrogen-bond acceptors (Lipinski definition) is 6. The molecule has 8 heteroatoms. The van der Waals surface area contributed by atoms with Gasteiger partial charge >= 0.3 is 0 Å². The summed E-state index contributed by atoms with van der Waals surface area (Å²) in [5, 5.41) is 20.6. The molecule has 2 aromatic carbocycles. The summed E-state index contributed by atoms with van der Waals surface area (Å²) in [5.41, 5.74) is 2.67. The smallest absolute Gasteiger partial charge is 0.269 e. The van der Waals surface area contributed by atoms with Crippen LogP contribution in [0.5, 0.6) is 5.75 Å². The van der Waals surface area contributed by atoms with Gasteiger partial charge in [-0.05, 0) is 29.6 Å². The van der Waals surface area contributed by atoms with E-state index in [2.05, 4.69) is 0 Å². The van der Waals surface area contributed by atoms with Gasteiger partial charge in [0.25, 0.3) is 5.69 Å². The van der Waals surface area contributed by atoms with Crippen LogP contribution in [0.15, 0.2) is 65.1 Å². The van der Waals surface area contributed by atoms with Gasteiger partial charge < -0.3 is 4.74 Å². The maximum Gasteiger partial charge on any atom is 0.269 e. The molecule has 0 radical (unpaired) electrons. The third kappa shape index (κ3) is 2.83. The van der Waals surface area contributed by atoms with Gasteiger partial charge in [-0.25, -0.2) is 5.01 Å². The molecule has 28 heavy (non-hydrogen) atoms. The number of halogens is 1. The fourth-order valence-electron chi connectivity index (χ4n) is 3.66. The van der Waals surface area contributed by atoms with Crippen molar-refractivity contribution in [3.05, 3.63) is 91.1 Å². The number of non-ortho nitro benzene ring substituents is 1. The second kappa shape index (κ2) is 6.61. The second-order valence-corrected chi connectivity index (χ2v) is 8.01. The van der Waals surface area contributed by atoms with Gasteiger partial charge in [0.2, 0.25) is 6.23 Å². The highest BCUT2D eigenvalue weighted by Gasteiger charge is 2.41. The average Bonchev–Trinajstić information content (AvgIpc) is 3.37. The lowest BCUT2D eigenvalue weighted by Gasteiger charge is -2.38. The molecule has 3 aromatic rings. The molecule has 2 aliphatic heterocycles. The first kappa shape index (κ1) is 17.2. The number of hydrazone groups is 1. The largest absolute Gasteiger partial charge is 0.464 e. The summed E-state index contributed by atoms with van der Waals surface area (Å²) >= 11 is 7.87. The first-order valence-electron chi connectivity index (χ1n) is 8.70. The molecular weight excluding hydrogens is 398 g/mol. The van der Waals surface area contributed by atoms with E-state index < -0.39 is 11.2 Å². The fourth-order valence-corrected chi connectivity index (χ4v) is 4.56. The average molecular weight is 412 g/mol. The van der Waals surface area contributed by atoms with Crippen LogP contribution in [0.25, 0.3) is 0 Å². The molecule has 0 amide bonds. The Kier molecular flexibility index (Phi) is 4.07. The van der Waals surface area contributed by atoms with Gasteiger partial charge in [0.05, 0.1) is 21.6 Å². The van der Waals surface area contributed by atoms with Crippen LogP contribution in [0.3, 0.4) is 0 Å². The zero-order valence-corrected chi connectivity index (χ0v) is 16.1. The number of nitro groups is 1. The molecule has 0 unspecified atom stereocenters. The molecule has 0 N–H and O–H groups in total. The molecular formula is C20H14ClN3O3S. The van der Waals surface area contributed by atoms with Crippen LogP contribution >= 0.6 is 22.9 Å². The highest BCUT2D eigenvalue weighted by Crippen LogP contribution is 2.48. The first-order valence-corrected chi connectivity index (χ1v) is 9.96. The van der Waals surface area contributed by atoms with E-state index in [0.717, 1.165) is 28.3 Å². The molecule has 5 rings (SSSR count). The summed E-state index contributed by atoms with van der Waals surface area (Å²) in [4.78, 5) is 11.9. The Labute approximate surface area is 169 Å². The zero-order chi connectivity index (χ0) is 19.3. The Hall–Kier alpha value is -2.90. The molecule has 0 saturated heterocycles. The lowest BCUT2D eigenvalue weighted by Crippen LogP contribution is -2.33. The van der Waals surface area contributed by atoms with Gasteiger partial charge in [-0.1, -0.05) is 29.8 Å². The van der Waals surface area contributed by atoms with E-state index in [-0.39, 0.29) is 11.7 Å². The van der Waals surface area contributed by atoms with Gasteiger partial charge in [-0.15, -0.1) is 11.3 Å². The van der Waals surface area contributed by atoms with Crippen molar-refractivity contribution in [2.75, 3.05) is 0 Å². The topological polar surface area (TPSA) is 68.0 Å². The fraction of sp³-hybridized carbons (Fsp3) is 0.150. The van der Waals surface area contributed by atoms with Gasteiger partial charge in [0, 0.05) is 34.7 Å². The summed E-state index contributed by atoms with van der Waals surface area (Å²) in [5.74, 6) is 0.727. The van der Waals surface area contributed by atoms with Gasteiger partial charge in [-0.3, -0.25) is 10.1 Å². The quantitative estimate of drug-likeness (QED) is 0.418. The minimum Gasteiger partial charge on any atom is -0.464 e. The maximum atomic E-state index is 11.2. The summed E-state index contributed by atoms with van der Waals surface area (Å²) in [6.45, 7) is 0. The predicted octanol–water partition coefficient (Wildman–Crippen LogP) is 5.55. The molecule has 3 heterocycles. The van der Waals surface area contributed by atoms with E-state index in [0.29, 0.717) is 10.6 Å². The number of fused-ring (bicyclic) bond motifs is 3. The highest BCUT2D eigenvalue weighted by atomic mass is 35.5. The first-order chi connectivity index (χ1) is 13.6. The molecule has 140 valence electrons. The minimum atomic E-state index is -0.545. The normalized spacial score (nSPS) is 20.2. The standard InChI is InChI=1S/C20H14ClN3O3S/c21-13-6-7-18-15(10-13)17-11-16(19-5-2-8-28-19)22-23(17)20(27-18)12-3-1-4-14(9-12)24(25)26/h1-10,17,20H,11H2/t17-,20-/m0/s1. The van der Waals surface area contributed by atoms with Crippen LogP contribution in [0.1, 0.15) is 34.7 Å². The van der Waals surface area contributed by atoms with Crippen molar-refractivity contribution in [3.63, 3.8) is 0 Å². The second-order valence-electron chi connectivity index (χ2n) is 6.63. The Balaban J connectivity index is 1.62. The highest BCUT2D eigenvalue weighted by molar-refractivity contribution is 7.12. The number of benzene rings is 2. The van der Waals surface area contributed by atoms with Crippen molar-refractivity contribution in [3.8, 4) is 5.75 Å². The lowest BCUT2D eigenvalue weighted by molar-refractivity contribution is -0.385. The van der Waals surface area contributed by atoms with Crippen LogP contribution in [-0.4, -0.2) is 15.6 Å². The van der Waals surface area contributed by atoms with Crippen molar-refractivity contribution >= 4 is 34.3 Å². The van der Waals surface area contributed by atoms with Crippen LogP contribution in [-0.2, 0) is 0 Å². The molecule has 1 aromatic heterocycles. The maximum absolute atomic E-state index is 11.2. The number of nitro benzene ring substituents is 1. The van der Waals surface area contributed by atoms with Crippen molar-refractivity contribution in [1.29, 1.82) is 0 Å². The predicted molar refractivity (Wildman–Crippen MR) is 108 cm³/mol. The molecule has 0 aliphatic carbocycles. The van der Waals surface area contributed by atoms with Crippen LogP contribution in [0, 0.1) is 10.1 Å². The van der Waals surface area contributed by atoms with E-state index in [1.807, 2.05) is 40.7 Å². The summed E-state index contributed by atoms with van der Waals surface area (Å²) in [6, 6.07) is 16.1. The third-order valence-electron chi connectivity index (χ3n) is 4.92. The number of ether oxygens (including phenoxy) is 1. The van der Waals surface area contributed by atoms with E-state index >= 15 is 0 Å². The van der Waals surface area contributed by atoms with Crippen LogP contribution in [0.2, 0.25) is 5.02 Å². The number of nitrogens with zero attached hydrogens (tertiary/aromatic N) is 3. The third-order valence-corrected chi connectivity index (χ3v) is 6.08. The molecule has 2 atom stereocenters. The van der Waals surface area contributed by atoms with Crippen LogP contribution < -0.4 is 4.74 Å². The molecule has 0 saturated carbocycles. The molecule has 6 nitrogen and oxygen atoms in total. The Morgan fingerprint density at radius 3 is 2.89 bits per heavy atom. The number of thiophene rings is 1. The van der Waals surface area contributed by atoms with E-state index in [1.54, 1.807) is 29.5 Å². The van der Waals surface area contributed by atoms with Crippen molar-refractivity contribution in [2.24, 2.45) is 5.10 Å². The van der Waals surface area contributed by atoms with E-state index in [9.17, 15) is 10.1 Å². The number of rotatable bonds is 3. The van der Waals surface area contributed by atoms with Crippen LogP contribution in [0.4, 0.5) is 5.69 Å². The molecule has 2 aliphatic rings. The van der Waals surface area contributed by atoms with E-state index in [1.165, 1.54) is 6.07 Å². The molecule has 0 fully saturated rings. The Morgan fingerprint density at radius 2 is 2.11 bits per heavy atom. The van der Waals surface area contributed by atoms with Gasteiger partial charge in [-0.2, -0.15) is 5.10 Å². The van der Waals surface area contributed by atoms with Crippen molar-refractivity contribution in [2.45, 2.75) is 18.7 Å². The Morgan fingerprint density at radius 1 is 1.21 bits per heavy atom. The summed E-state index contributed by atoms with van der Waals surface area (Å²) in [7, 11) is 0. The van der Waals surface area contributed by atoms with Crippen molar-refractivity contribution in [1.82, 2.24) is 5.01 Å². The monoisotopic (exact) mass is 411 g/mol. The minimum absolute atomic E-state index is 0.0289. The van der Waals surface area contributed by atoms with Crippen molar-refractivity contribution < 1.29 is 9.66 Å². The molecule has 0 spiro atoms. The SMILES string of the molecule is O=[N+]([O-])c1cccc([C@@H]2Oc3ccc(Cl)cc3[C@@H]3CC(c4cccs4)=NN32)c1. The zero-order valence-electron chi connectivity index (χ0n) is 14.5. The van der Waals surface area contributed by atoms with Gasteiger partial charge in [0.15, 0.2) is 0 Å².